The number of nitriles is 1. The Labute approximate surface area is 187 Å². The van der Waals surface area contributed by atoms with E-state index in [1.165, 1.54) is 12.0 Å². The first-order valence-corrected chi connectivity index (χ1v) is 10.9. The Balaban J connectivity index is 1.23. The predicted octanol–water partition coefficient (Wildman–Crippen LogP) is 3.67. The second-order valence-electron chi connectivity index (χ2n) is 7.92. The van der Waals surface area contributed by atoms with Crippen LogP contribution in [0.1, 0.15) is 25.0 Å². The first-order valence-electron chi connectivity index (χ1n) is 10.9. The number of piperidine rings is 1. The van der Waals surface area contributed by atoms with Gasteiger partial charge in [-0.1, -0.05) is 18.2 Å². The predicted molar refractivity (Wildman–Crippen MR) is 121 cm³/mol. The van der Waals surface area contributed by atoms with E-state index in [0.29, 0.717) is 50.0 Å². The number of nitrogens with one attached hydrogen (secondary N) is 1. The number of hydrogen-bond donors (Lipinski definition) is 1. The van der Waals surface area contributed by atoms with E-state index in [0.717, 1.165) is 13.0 Å². The quantitative estimate of drug-likeness (QED) is 0.541. The van der Waals surface area contributed by atoms with Crippen LogP contribution in [-0.4, -0.2) is 44.1 Å². The molecule has 1 N–H and O–H groups in total. The van der Waals surface area contributed by atoms with Gasteiger partial charge in [0, 0.05) is 44.8 Å². The second-order valence-corrected chi connectivity index (χ2v) is 7.92. The third-order valence-electron chi connectivity index (χ3n) is 5.77. The van der Waals surface area contributed by atoms with Gasteiger partial charge in [-0.2, -0.15) is 10.2 Å². The number of oxazole rings is 1. The molecule has 0 bridgehead atoms. The molecule has 0 spiro atoms. The molecule has 2 aromatic heterocycles. The highest BCUT2D eigenvalue weighted by atomic mass is 16.4. The molecule has 32 heavy (non-hydrogen) atoms. The highest BCUT2D eigenvalue weighted by Crippen LogP contribution is 2.31. The van der Waals surface area contributed by atoms with Crippen LogP contribution in [0.5, 0.6) is 0 Å². The van der Waals surface area contributed by atoms with Gasteiger partial charge >= 0.3 is 0 Å². The van der Waals surface area contributed by atoms with E-state index in [9.17, 15) is 10.1 Å². The smallest absolute Gasteiger partial charge is 0.266 e. The fourth-order valence-electron chi connectivity index (χ4n) is 3.93. The number of benzene rings is 1. The van der Waals surface area contributed by atoms with Crippen molar-refractivity contribution >= 4 is 17.5 Å². The van der Waals surface area contributed by atoms with Crippen molar-refractivity contribution < 1.29 is 13.6 Å². The maximum atomic E-state index is 12.6. The number of rotatable bonds is 8. The Morgan fingerprint density at radius 2 is 2.03 bits per heavy atom. The van der Waals surface area contributed by atoms with E-state index in [4.69, 9.17) is 8.83 Å². The van der Waals surface area contributed by atoms with Crippen molar-refractivity contribution in [1.82, 2.24) is 10.3 Å². The number of nitrogens with zero attached hydrogens (tertiary/aromatic N) is 4. The molecule has 166 valence electrons. The van der Waals surface area contributed by atoms with E-state index in [1.807, 2.05) is 23.1 Å². The van der Waals surface area contributed by atoms with Gasteiger partial charge < -0.3 is 24.0 Å². The van der Waals surface area contributed by atoms with E-state index in [2.05, 4.69) is 40.5 Å². The summed E-state index contributed by atoms with van der Waals surface area (Å²) < 4.78 is 11.1. The minimum Gasteiger partial charge on any atom is -0.459 e. The third kappa shape index (κ3) is 4.94. The fourth-order valence-corrected chi connectivity index (χ4v) is 3.93. The molecule has 0 aliphatic carbocycles. The second kappa shape index (κ2) is 10.1. The third-order valence-corrected chi connectivity index (χ3v) is 5.77. The lowest BCUT2D eigenvalue weighted by Gasteiger charge is -2.31. The van der Waals surface area contributed by atoms with E-state index in [1.54, 1.807) is 12.1 Å². The SMILES string of the molecule is CN(CCCNC(=O)C1CCN(c2oc(-c3ccco3)nc2C#N)CC1)c1ccccc1. The number of anilines is 2. The number of amides is 1. The summed E-state index contributed by atoms with van der Waals surface area (Å²) in [6, 6.07) is 15.8. The summed E-state index contributed by atoms with van der Waals surface area (Å²) in [5, 5.41) is 12.5. The fraction of sp³-hybridized carbons (Fsp3) is 0.375. The van der Waals surface area contributed by atoms with Crippen LogP contribution in [0.2, 0.25) is 0 Å². The van der Waals surface area contributed by atoms with Crippen LogP contribution in [0, 0.1) is 17.2 Å². The minimum atomic E-state index is -0.0314. The van der Waals surface area contributed by atoms with Crippen LogP contribution in [-0.2, 0) is 4.79 Å². The van der Waals surface area contributed by atoms with Gasteiger partial charge in [-0.15, -0.1) is 0 Å². The first kappa shape index (κ1) is 21.5. The average molecular weight is 434 g/mol. The highest BCUT2D eigenvalue weighted by Gasteiger charge is 2.29. The topological polar surface area (TPSA) is 98.5 Å². The summed E-state index contributed by atoms with van der Waals surface area (Å²) in [5.74, 6) is 1.29. The monoisotopic (exact) mass is 433 g/mol. The largest absolute Gasteiger partial charge is 0.459 e. The van der Waals surface area contributed by atoms with Crippen molar-refractivity contribution in [2.24, 2.45) is 5.92 Å². The van der Waals surface area contributed by atoms with Crippen molar-refractivity contribution in [1.29, 1.82) is 5.26 Å². The zero-order valence-electron chi connectivity index (χ0n) is 18.2. The van der Waals surface area contributed by atoms with Gasteiger partial charge in [0.05, 0.1) is 6.26 Å². The van der Waals surface area contributed by atoms with Gasteiger partial charge in [0.25, 0.3) is 5.89 Å². The molecule has 8 nitrogen and oxygen atoms in total. The summed E-state index contributed by atoms with van der Waals surface area (Å²) in [5.41, 5.74) is 1.41. The lowest BCUT2D eigenvalue weighted by molar-refractivity contribution is -0.125. The van der Waals surface area contributed by atoms with Crippen LogP contribution in [0.4, 0.5) is 11.6 Å². The molecule has 1 saturated heterocycles. The highest BCUT2D eigenvalue weighted by molar-refractivity contribution is 5.79. The Bertz CT molecular complexity index is 1050. The molecule has 1 aliphatic heterocycles. The molecule has 1 amide bonds. The molecule has 1 aromatic carbocycles. The summed E-state index contributed by atoms with van der Waals surface area (Å²) in [6.45, 7) is 2.80. The van der Waals surface area contributed by atoms with Crippen LogP contribution in [0.25, 0.3) is 11.7 Å². The van der Waals surface area contributed by atoms with E-state index >= 15 is 0 Å². The molecule has 0 atom stereocenters. The number of furan rings is 1. The molecule has 0 saturated carbocycles. The van der Waals surface area contributed by atoms with Crippen LogP contribution < -0.4 is 15.1 Å². The van der Waals surface area contributed by atoms with Gasteiger partial charge in [0.1, 0.15) is 6.07 Å². The molecule has 8 heteroatoms. The van der Waals surface area contributed by atoms with Gasteiger partial charge in [0.2, 0.25) is 17.5 Å². The maximum absolute atomic E-state index is 12.6. The Hall–Kier alpha value is -3.73. The molecule has 1 aliphatic rings. The number of carbonyl (C=O) groups is 1. The zero-order chi connectivity index (χ0) is 22.3. The number of aromatic nitrogens is 1. The van der Waals surface area contributed by atoms with Crippen LogP contribution in [0.15, 0.2) is 57.6 Å². The Kier molecular flexibility index (Phi) is 6.75. The van der Waals surface area contributed by atoms with Gasteiger partial charge in [-0.25, -0.2) is 0 Å². The molecule has 0 unspecified atom stereocenters. The minimum absolute atomic E-state index is 0.0314. The van der Waals surface area contributed by atoms with E-state index < -0.39 is 0 Å². The maximum Gasteiger partial charge on any atom is 0.266 e. The summed E-state index contributed by atoms with van der Waals surface area (Å²) >= 11 is 0. The lowest BCUT2D eigenvalue weighted by Crippen LogP contribution is -2.41. The number of hydrogen-bond acceptors (Lipinski definition) is 7. The standard InChI is InChI=1S/C24H27N5O3/c1-28(19-7-3-2-4-8-19)13-6-12-26-22(30)18-10-14-29(15-11-18)24-20(17-25)27-23(32-24)21-9-5-16-31-21/h2-5,7-9,16,18H,6,10-15H2,1H3,(H,26,30). The zero-order valence-corrected chi connectivity index (χ0v) is 18.2. The Morgan fingerprint density at radius 3 is 2.72 bits per heavy atom. The van der Waals surface area contributed by atoms with Crippen molar-refractivity contribution in [3.8, 4) is 17.7 Å². The normalized spacial score (nSPS) is 14.2. The molecule has 4 rings (SSSR count). The van der Waals surface area contributed by atoms with Crippen LogP contribution in [0.3, 0.4) is 0 Å². The van der Waals surface area contributed by atoms with E-state index in [-0.39, 0.29) is 17.5 Å². The Morgan fingerprint density at radius 1 is 1.25 bits per heavy atom. The summed E-state index contributed by atoms with van der Waals surface area (Å²) in [7, 11) is 2.06. The molecule has 0 radical (unpaired) electrons. The summed E-state index contributed by atoms with van der Waals surface area (Å²) in [6.07, 6.45) is 3.83. The molecular formula is C24H27N5O3. The summed E-state index contributed by atoms with van der Waals surface area (Å²) in [4.78, 5) is 21.0. The molecular weight excluding hydrogens is 406 g/mol. The van der Waals surface area contributed by atoms with Crippen LogP contribution >= 0.6 is 0 Å². The molecule has 3 aromatic rings. The number of para-hydroxylation sites is 1. The lowest BCUT2D eigenvalue weighted by atomic mass is 9.96. The van der Waals surface area contributed by atoms with Crippen molar-refractivity contribution in [3.63, 3.8) is 0 Å². The first-order chi connectivity index (χ1) is 15.7. The van der Waals surface area contributed by atoms with Gasteiger partial charge in [-0.3, -0.25) is 4.79 Å². The molecule has 3 heterocycles. The van der Waals surface area contributed by atoms with Crippen molar-refractivity contribution in [3.05, 3.63) is 54.4 Å². The van der Waals surface area contributed by atoms with Gasteiger partial charge in [-0.05, 0) is 43.5 Å². The average Bonchev–Trinajstić information content (AvgIpc) is 3.52. The van der Waals surface area contributed by atoms with Crippen molar-refractivity contribution in [2.75, 3.05) is 43.0 Å². The number of carbonyl (C=O) groups excluding carboxylic acids is 1. The van der Waals surface area contributed by atoms with Gasteiger partial charge in [0.15, 0.2) is 5.76 Å². The van der Waals surface area contributed by atoms with Crippen molar-refractivity contribution in [2.45, 2.75) is 19.3 Å². The molecule has 1 fully saturated rings.